The number of nitrogens with one attached hydrogen (secondary N) is 1. The molecule has 1 N–H and O–H groups in total. The second kappa shape index (κ2) is 7.94. The second-order valence-corrected chi connectivity index (χ2v) is 7.46. The average Bonchev–Trinajstić information content (AvgIpc) is 2.49. The molecular weight excluding hydrogens is 322 g/mol. The van der Waals surface area contributed by atoms with Crippen LogP contribution in [0.1, 0.15) is 5.56 Å². The van der Waals surface area contributed by atoms with E-state index in [0.717, 1.165) is 25.2 Å². The van der Waals surface area contributed by atoms with Gasteiger partial charge >= 0.3 is 6.03 Å². The van der Waals surface area contributed by atoms with E-state index in [1.54, 1.807) is 17.2 Å². The van der Waals surface area contributed by atoms with Crippen molar-refractivity contribution < 1.29 is 9.00 Å². The van der Waals surface area contributed by atoms with Crippen LogP contribution in [-0.4, -0.2) is 64.8 Å². The summed E-state index contributed by atoms with van der Waals surface area (Å²) in [4.78, 5) is 16.3. The molecule has 122 valence electrons. The Morgan fingerprint density at radius 2 is 2.00 bits per heavy atom. The number of halogens is 1. The number of anilines is 1. The van der Waals surface area contributed by atoms with Gasteiger partial charge in [0, 0.05) is 66.2 Å². The first-order chi connectivity index (χ1) is 10.5. The predicted octanol–water partition coefficient (Wildman–Crippen LogP) is 2.18. The molecule has 1 aliphatic rings. The molecule has 2 amide bonds. The van der Waals surface area contributed by atoms with Crippen molar-refractivity contribution in [3.63, 3.8) is 0 Å². The molecule has 0 saturated carbocycles. The normalized spacial score (nSPS) is 17.3. The van der Waals surface area contributed by atoms with E-state index in [4.69, 9.17) is 11.6 Å². The molecule has 0 unspecified atom stereocenters. The topological polar surface area (TPSA) is 52.7 Å². The van der Waals surface area contributed by atoms with Gasteiger partial charge in [-0.3, -0.25) is 9.11 Å². The largest absolute Gasteiger partial charge is 0.322 e. The smallest absolute Gasteiger partial charge is 0.321 e. The second-order valence-electron chi connectivity index (χ2n) is 5.50. The quantitative estimate of drug-likeness (QED) is 0.911. The van der Waals surface area contributed by atoms with Gasteiger partial charge in [-0.2, -0.15) is 0 Å². The van der Waals surface area contributed by atoms with Gasteiger partial charge < -0.3 is 10.2 Å². The number of benzene rings is 1. The molecule has 1 heterocycles. The summed E-state index contributed by atoms with van der Waals surface area (Å²) in [5, 5.41) is 3.53. The molecule has 1 atom stereocenters. The zero-order chi connectivity index (χ0) is 16.1. The Labute approximate surface area is 139 Å². The average molecular weight is 344 g/mol. The Kier molecular flexibility index (Phi) is 6.23. The first kappa shape index (κ1) is 17.2. The standard InChI is InChI=1S/C15H22ClN3O2S/c1-12-3-4-13(11-14(12)16)17-15(20)19-7-5-18(6-8-19)9-10-22(2)21/h3-4,11H,5-10H2,1-2H3,(H,17,20)/t22-/m0/s1. The number of amides is 2. The predicted molar refractivity (Wildman–Crippen MR) is 92.2 cm³/mol. The van der Waals surface area contributed by atoms with Crippen LogP contribution in [0.25, 0.3) is 0 Å². The third kappa shape index (κ3) is 4.97. The third-order valence-corrected chi connectivity index (χ3v) is 4.94. The molecule has 1 saturated heterocycles. The minimum Gasteiger partial charge on any atom is -0.322 e. The first-order valence-electron chi connectivity index (χ1n) is 7.30. The minimum atomic E-state index is -0.763. The summed E-state index contributed by atoms with van der Waals surface area (Å²) in [6, 6.07) is 5.41. The summed E-state index contributed by atoms with van der Waals surface area (Å²) >= 11 is 6.07. The Morgan fingerprint density at radius 3 is 2.59 bits per heavy atom. The number of carbonyl (C=O) groups is 1. The highest BCUT2D eigenvalue weighted by atomic mass is 35.5. The van der Waals surface area contributed by atoms with E-state index < -0.39 is 10.8 Å². The van der Waals surface area contributed by atoms with Crippen molar-refractivity contribution in [3.8, 4) is 0 Å². The number of hydrogen-bond acceptors (Lipinski definition) is 3. The fourth-order valence-corrected chi connectivity index (χ4v) is 3.00. The maximum Gasteiger partial charge on any atom is 0.321 e. The minimum absolute atomic E-state index is 0.0985. The van der Waals surface area contributed by atoms with Crippen LogP contribution in [0, 0.1) is 6.92 Å². The molecule has 0 aromatic heterocycles. The van der Waals surface area contributed by atoms with Gasteiger partial charge in [-0.15, -0.1) is 0 Å². The monoisotopic (exact) mass is 343 g/mol. The van der Waals surface area contributed by atoms with Crippen molar-refractivity contribution in [2.45, 2.75) is 6.92 Å². The fourth-order valence-electron chi connectivity index (χ4n) is 2.31. The zero-order valence-corrected chi connectivity index (χ0v) is 14.5. The van der Waals surface area contributed by atoms with E-state index in [1.165, 1.54) is 0 Å². The van der Waals surface area contributed by atoms with Crippen molar-refractivity contribution in [1.82, 2.24) is 9.80 Å². The number of nitrogens with zero attached hydrogens (tertiary/aromatic N) is 2. The molecule has 1 aromatic carbocycles. The zero-order valence-electron chi connectivity index (χ0n) is 13.0. The summed E-state index contributed by atoms with van der Waals surface area (Å²) in [6.07, 6.45) is 1.72. The fraction of sp³-hybridized carbons (Fsp3) is 0.533. The van der Waals surface area contributed by atoms with Crippen LogP contribution in [-0.2, 0) is 10.8 Å². The molecule has 0 radical (unpaired) electrons. The first-order valence-corrected chi connectivity index (χ1v) is 9.40. The highest BCUT2D eigenvalue weighted by Crippen LogP contribution is 2.20. The van der Waals surface area contributed by atoms with Gasteiger partial charge in [-0.25, -0.2) is 4.79 Å². The van der Waals surface area contributed by atoms with Crippen molar-refractivity contribution in [1.29, 1.82) is 0 Å². The highest BCUT2D eigenvalue weighted by molar-refractivity contribution is 7.84. The summed E-state index contributed by atoms with van der Waals surface area (Å²) in [5.74, 6) is 0.689. The van der Waals surface area contributed by atoms with Gasteiger partial charge in [0.15, 0.2) is 0 Å². The third-order valence-electron chi connectivity index (χ3n) is 3.78. The molecule has 22 heavy (non-hydrogen) atoms. The Balaban J connectivity index is 1.82. The lowest BCUT2D eigenvalue weighted by molar-refractivity contribution is 0.152. The molecule has 1 aliphatic heterocycles. The molecule has 1 fully saturated rings. The van der Waals surface area contributed by atoms with E-state index in [0.29, 0.717) is 29.6 Å². The van der Waals surface area contributed by atoms with Crippen LogP contribution in [0.3, 0.4) is 0 Å². The maximum atomic E-state index is 12.2. The molecule has 1 aromatic rings. The van der Waals surface area contributed by atoms with Crippen LogP contribution >= 0.6 is 11.6 Å². The molecular formula is C15H22ClN3O2S. The number of piperazine rings is 1. The van der Waals surface area contributed by atoms with Gasteiger partial charge in [-0.1, -0.05) is 17.7 Å². The van der Waals surface area contributed by atoms with Gasteiger partial charge in [0.25, 0.3) is 0 Å². The number of aryl methyl sites for hydroxylation is 1. The van der Waals surface area contributed by atoms with Crippen LogP contribution in [0.15, 0.2) is 18.2 Å². The van der Waals surface area contributed by atoms with Crippen LogP contribution in [0.4, 0.5) is 10.5 Å². The highest BCUT2D eigenvalue weighted by Gasteiger charge is 2.21. The van der Waals surface area contributed by atoms with Crippen molar-refractivity contribution in [3.05, 3.63) is 28.8 Å². The van der Waals surface area contributed by atoms with Crippen LogP contribution < -0.4 is 5.32 Å². The Bertz CT molecular complexity index is 560. The summed E-state index contributed by atoms with van der Waals surface area (Å²) in [7, 11) is -0.763. The van der Waals surface area contributed by atoms with Gasteiger partial charge in [0.05, 0.1) is 0 Å². The van der Waals surface area contributed by atoms with E-state index in [9.17, 15) is 9.00 Å². The number of hydrogen-bond donors (Lipinski definition) is 1. The summed E-state index contributed by atoms with van der Waals surface area (Å²) < 4.78 is 11.1. The van der Waals surface area contributed by atoms with Crippen molar-refractivity contribution in [2.24, 2.45) is 0 Å². The van der Waals surface area contributed by atoms with Gasteiger partial charge in [0.2, 0.25) is 0 Å². The lowest BCUT2D eigenvalue weighted by atomic mass is 10.2. The van der Waals surface area contributed by atoms with Crippen molar-refractivity contribution in [2.75, 3.05) is 50.0 Å². The maximum absolute atomic E-state index is 12.2. The summed E-state index contributed by atoms with van der Waals surface area (Å²) in [5.41, 5.74) is 1.70. The molecule has 0 bridgehead atoms. The lowest BCUT2D eigenvalue weighted by Crippen LogP contribution is -2.50. The van der Waals surface area contributed by atoms with Crippen LogP contribution in [0.5, 0.6) is 0 Å². The van der Waals surface area contributed by atoms with E-state index in [2.05, 4.69) is 10.2 Å². The number of urea groups is 1. The van der Waals surface area contributed by atoms with E-state index in [1.807, 2.05) is 19.1 Å². The molecule has 5 nitrogen and oxygen atoms in total. The summed E-state index contributed by atoms with van der Waals surface area (Å²) in [6.45, 7) is 5.75. The molecule has 2 rings (SSSR count). The molecule has 0 aliphatic carbocycles. The van der Waals surface area contributed by atoms with E-state index in [-0.39, 0.29) is 6.03 Å². The molecule has 7 heteroatoms. The van der Waals surface area contributed by atoms with E-state index >= 15 is 0 Å². The Morgan fingerprint density at radius 1 is 1.32 bits per heavy atom. The van der Waals surface area contributed by atoms with Gasteiger partial charge in [-0.05, 0) is 24.6 Å². The Hall–Kier alpha value is -1.11. The molecule has 0 spiro atoms. The number of carbonyl (C=O) groups excluding carboxylic acids is 1. The van der Waals surface area contributed by atoms with Crippen LogP contribution in [0.2, 0.25) is 5.02 Å². The van der Waals surface area contributed by atoms with Gasteiger partial charge in [0.1, 0.15) is 0 Å². The SMILES string of the molecule is Cc1ccc(NC(=O)N2CCN(CC[S@](C)=O)CC2)cc1Cl. The number of rotatable bonds is 4. The lowest BCUT2D eigenvalue weighted by Gasteiger charge is -2.34. The van der Waals surface area contributed by atoms with Crippen molar-refractivity contribution >= 4 is 34.1 Å².